The van der Waals surface area contributed by atoms with E-state index in [2.05, 4.69) is 0 Å². The third-order valence-electron chi connectivity index (χ3n) is 2.81. The lowest BCUT2D eigenvalue weighted by atomic mass is 10.2. The molecule has 1 aromatic rings. The highest BCUT2D eigenvalue weighted by atomic mass is 19.1. The van der Waals surface area contributed by atoms with Gasteiger partial charge in [0, 0.05) is 13.1 Å². The van der Waals surface area contributed by atoms with Crippen LogP contribution in [-0.2, 0) is 4.79 Å². The highest BCUT2D eigenvalue weighted by Gasteiger charge is 2.20. The van der Waals surface area contributed by atoms with Crippen molar-refractivity contribution < 1.29 is 13.9 Å². The van der Waals surface area contributed by atoms with Crippen molar-refractivity contribution >= 4 is 5.91 Å². The monoisotopic (exact) mass is 253 g/mol. The number of benzene rings is 1. The minimum atomic E-state index is -0.679. The molecule has 1 amide bonds. The van der Waals surface area contributed by atoms with Crippen LogP contribution in [0.3, 0.4) is 0 Å². The Hall–Kier alpha value is -1.58. The molecule has 1 rings (SSSR count). The summed E-state index contributed by atoms with van der Waals surface area (Å²) in [4.78, 5) is 13.6. The molecule has 18 heavy (non-hydrogen) atoms. The van der Waals surface area contributed by atoms with Crippen LogP contribution in [0.4, 0.5) is 4.39 Å². The molecular formula is C14H20FNO2. The quantitative estimate of drug-likeness (QED) is 0.807. The number of ether oxygens (including phenoxy) is 1. The van der Waals surface area contributed by atoms with E-state index >= 15 is 0 Å². The first-order chi connectivity index (χ1) is 8.49. The highest BCUT2D eigenvalue weighted by molar-refractivity contribution is 5.80. The second-order valence-corrected chi connectivity index (χ2v) is 4.20. The van der Waals surface area contributed by atoms with E-state index in [1.165, 1.54) is 6.07 Å². The second-order valence-electron chi connectivity index (χ2n) is 4.20. The molecule has 0 heterocycles. The number of hydrogen-bond donors (Lipinski definition) is 0. The van der Waals surface area contributed by atoms with Crippen molar-refractivity contribution in [2.24, 2.45) is 0 Å². The molecule has 0 fully saturated rings. The van der Waals surface area contributed by atoms with E-state index in [0.717, 1.165) is 5.56 Å². The molecule has 0 spiro atoms. The summed E-state index contributed by atoms with van der Waals surface area (Å²) in [7, 11) is 0. The normalized spacial score (nSPS) is 12.1. The van der Waals surface area contributed by atoms with Crippen molar-refractivity contribution in [3.8, 4) is 5.75 Å². The zero-order chi connectivity index (χ0) is 13.7. The number of aryl methyl sites for hydroxylation is 1. The summed E-state index contributed by atoms with van der Waals surface area (Å²) >= 11 is 0. The van der Waals surface area contributed by atoms with Crippen LogP contribution in [0, 0.1) is 12.7 Å². The number of likely N-dealkylation sites (N-methyl/N-ethyl adjacent to an activating group) is 1. The predicted octanol–water partition coefficient (Wildman–Crippen LogP) is 2.77. The van der Waals surface area contributed by atoms with Crippen molar-refractivity contribution in [3.05, 3.63) is 29.6 Å². The van der Waals surface area contributed by atoms with E-state index in [0.29, 0.717) is 13.1 Å². The van der Waals surface area contributed by atoms with Crippen molar-refractivity contribution in [2.45, 2.75) is 33.8 Å². The van der Waals surface area contributed by atoms with Crippen LogP contribution in [0.2, 0.25) is 0 Å². The third kappa shape index (κ3) is 3.45. The molecule has 0 saturated carbocycles. The molecule has 0 bridgehead atoms. The topological polar surface area (TPSA) is 29.5 Å². The smallest absolute Gasteiger partial charge is 0.263 e. The van der Waals surface area contributed by atoms with E-state index in [9.17, 15) is 9.18 Å². The number of carbonyl (C=O) groups is 1. The largest absolute Gasteiger partial charge is 0.478 e. The molecule has 100 valence electrons. The zero-order valence-electron chi connectivity index (χ0n) is 11.4. The van der Waals surface area contributed by atoms with E-state index in [1.54, 1.807) is 24.0 Å². The van der Waals surface area contributed by atoms with Gasteiger partial charge in [-0.1, -0.05) is 6.07 Å². The lowest BCUT2D eigenvalue weighted by molar-refractivity contribution is -0.137. The highest BCUT2D eigenvalue weighted by Crippen LogP contribution is 2.20. The summed E-state index contributed by atoms with van der Waals surface area (Å²) in [6.45, 7) is 8.55. The molecule has 0 radical (unpaired) electrons. The molecule has 1 aromatic carbocycles. The fraction of sp³-hybridized carbons (Fsp3) is 0.500. The molecule has 0 aromatic heterocycles. The first kappa shape index (κ1) is 14.5. The lowest BCUT2D eigenvalue weighted by Gasteiger charge is -2.23. The van der Waals surface area contributed by atoms with Gasteiger partial charge in [-0.05, 0) is 45.4 Å². The van der Waals surface area contributed by atoms with Gasteiger partial charge in [-0.2, -0.15) is 0 Å². The van der Waals surface area contributed by atoms with Crippen LogP contribution in [0.15, 0.2) is 18.2 Å². The maximum Gasteiger partial charge on any atom is 0.263 e. The van der Waals surface area contributed by atoms with Crippen LogP contribution < -0.4 is 4.74 Å². The van der Waals surface area contributed by atoms with Gasteiger partial charge in [0.2, 0.25) is 0 Å². The Bertz CT molecular complexity index is 416. The second kappa shape index (κ2) is 6.38. The molecule has 0 aliphatic heterocycles. The standard InChI is InChI=1S/C14H20FNO2/c1-5-16(6-2)14(17)11(4)18-13-9-10(3)7-8-12(13)15/h7-9,11H,5-6H2,1-4H3. The molecule has 1 atom stereocenters. The Labute approximate surface area is 108 Å². The Kier molecular flexibility index (Phi) is 5.13. The van der Waals surface area contributed by atoms with Gasteiger partial charge >= 0.3 is 0 Å². The summed E-state index contributed by atoms with van der Waals surface area (Å²) in [6, 6.07) is 4.61. The number of rotatable bonds is 5. The first-order valence-corrected chi connectivity index (χ1v) is 6.21. The maximum atomic E-state index is 13.5. The van der Waals surface area contributed by atoms with Gasteiger partial charge in [-0.3, -0.25) is 4.79 Å². The van der Waals surface area contributed by atoms with Gasteiger partial charge in [0.15, 0.2) is 17.7 Å². The molecule has 0 N–H and O–H groups in total. The van der Waals surface area contributed by atoms with Gasteiger partial charge in [0.25, 0.3) is 5.91 Å². The minimum Gasteiger partial charge on any atom is -0.478 e. The van der Waals surface area contributed by atoms with Crippen LogP contribution in [0.1, 0.15) is 26.3 Å². The zero-order valence-corrected chi connectivity index (χ0v) is 11.4. The van der Waals surface area contributed by atoms with Crippen molar-refractivity contribution in [1.29, 1.82) is 0 Å². The summed E-state index contributed by atoms with van der Waals surface area (Å²) in [5, 5.41) is 0. The van der Waals surface area contributed by atoms with Crippen molar-refractivity contribution in [3.63, 3.8) is 0 Å². The van der Waals surface area contributed by atoms with Gasteiger partial charge in [-0.15, -0.1) is 0 Å². The molecule has 0 aliphatic carbocycles. The van der Waals surface area contributed by atoms with E-state index in [1.807, 2.05) is 20.8 Å². The van der Waals surface area contributed by atoms with Crippen molar-refractivity contribution in [2.75, 3.05) is 13.1 Å². The summed E-state index contributed by atoms with van der Waals surface area (Å²) in [6.07, 6.45) is -0.679. The Morgan fingerprint density at radius 3 is 2.56 bits per heavy atom. The summed E-state index contributed by atoms with van der Waals surface area (Å²) in [5.41, 5.74) is 0.897. The van der Waals surface area contributed by atoms with Crippen molar-refractivity contribution in [1.82, 2.24) is 4.90 Å². The van der Waals surface area contributed by atoms with Crippen LogP contribution in [-0.4, -0.2) is 30.0 Å². The van der Waals surface area contributed by atoms with E-state index in [4.69, 9.17) is 4.74 Å². The van der Waals surface area contributed by atoms with Crippen LogP contribution in [0.25, 0.3) is 0 Å². The molecular weight excluding hydrogens is 233 g/mol. The fourth-order valence-corrected chi connectivity index (χ4v) is 1.73. The molecule has 4 heteroatoms. The number of carbonyl (C=O) groups excluding carboxylic acids is 1. The number of amides is 1. The number of nitrogens with zero attached hydrogens (tertiary/aromatic N) is 1. The number of hydrogen-bond acceptors (Lipinski definition) is 2. The summed E-state index contributed by atoms with van der Waals surface area (Å²) < 4.78 is 18.9. The molecule has 1 unspecified atom stereocenters. The van der Waals surface area contributed by atoms with Gasteiger partial charge in [0.1, 0.15) is 0 Å². The first-order valence-electron chi connectivity index (χ1n) is 6.21. The van der Waals surface area contributed by atoms with Crippen LogP contribution in [0.5, 0.6) is 5.75 Å². The average molecular weight is 253 g/mol. The minimum absolute atomic E-state index is 0.124. The third-order valence-corrected chi connectivity index (χ3v) is 2.81. The Balaban J connectivity index is 2.77. The lowest BCUT2D eigenvalue weighted by Crippen LogP contribution is -2.40. The van der Waals surface area contributed by atoms with E-state index < -0.39 is 11.9 Å². The predicted molar refractivity (Wildman–Crippen MR) is 69.2 cm³/mol. The molecule has 3 nitrogen and oxygen atoms in total. The van der Waals surface area contributed by atoms with Gasteiger partial charge < -0.3 is 9.64 Å². The van der Waals surface area contributed by atoms with Crippen LogP contribution >= 0.6 is 0 Å². The molecule has 0 aliphatic rings. The summed E-state index contributed by atoms with van der Waals surface area (Å²) in [5.74, 6) is -0.441. The Morgan fingerprint density at radius 2 is 2.00 bits per heavy atom. The van der Waals surface area contributed by atoms with E-state index in [-0.39, 0.29) is 11.7 Å². The average Bonchev–Trinajstić information content (AvgIpc) is 2.35. The number of halogens is 1. The van der Waals surface area contributed by atoms with Gasteiger partial charge in [0.05, 0.1) is 0 Å². The van der Waals surface area contributed by atoms with Gasteiger partial charge in [-0.25, -0.2) is 4.39 Å². The Morgan fingerprint density at radius 1 is 1.39 bits per heavy atom. The SMILES string of the molecule is CCN(CC)C(=O)C(C)Oc1cc(C)ccc1F. The maximum absolute atomic E-state index is 13.5. The molecule has 0 saturated heterocycles. The fourth-order valence-electron chi connectivity index (χ4n) is 1.73.